The van der Waals surface area contributed by atoms with Crippen molar-refractivity contribution in [3.05, 3.63) is 29.6 Å². The van der Waals surface area contributed by atoms with Gasteiger partial charge in [-0.1, -0.05) is 0 Å². The van der Waals surface area contributed by atoms with Gasteiger partial charge in [0.2, 0.25) is 5.91 Å². The number of anilines is 1. The number of nitrogens with one attached hydrogen (secondary N) is 1. The highest BCUT2D eigenvalue weighted by atomic mass is 19.4. The van der Waals surface area contributed by atoms with E-state index in [0.29, 0.717) is 18.2 Å². The van der Waals surface area contributed by atoms with E-state index in [4.69, 9.17) is 0 Å². The summed E-state index contributed by atoms with van der Waals surface area (Å²) < 4.78 is 54.6. The van der Waals surface area contributed by atoms with Crippen LogP contribution in [0.15, 0.2) is 18.2 Å². The van der Waals surface area contributed by atoms with E-state index in [1.165, 1.54) is 7.11 Å². The fourth-order valence-electron chi connectivity index (χ4n) is 1.11. The largest absolute Gasteiger partial charge is 0.416 e. The lowest BCUT2D eigenvalue weighted by atomic mass is 10.2. The molecule has 3 nitrogen and oxygen atoms in total. The summed E-state index contributed by atoms with van der Waals surface area (Å²) in [5.41, 5.74) is -1.56. The first-order valence-electron chi connectivity index (χ1n) is 4.50. The van der Waals surface area contributed by atoms with Crippen molar-refractivity contribution in [2.24, 2.45) is 0 Å². The third-order valence-electron chi connectivity index (χ3n) is 1.84. The van der Waals surface area contributed by atoms with Gasteiger partial charge in [0, 0.05) is 7.11 Å². The van der Waals surface area contributed by atoms with E-state index in [1.54, 1.807) is 0 Å². The fraction of sp³-hybridized carbons (Fsp3) is 0.300. The lowest BCUT2D eigenvalue weighted by molar-refractivity contribution is -0.137. The van der Waals surface area contributed by atoms with Crippen molar-refractivity contribution in [2.45, 2.75) is 6.18 Å². The maximum absolute atomic E-state index is 13.1. The monoisotopic (exact) mass is 251 g/mol. The molecule has 0 atom stereocenters. The minimum Gasteiger partial charge on any atom is -0.375 e. The molecule has 0 saturated heterocycles. The molecule has 7 heteroatoms. The lowest BCUT2D eigenvalue weighted by Crippen LogP contribution is -2.18. The quantitative estimate of drug-likeness (QED) is 0.838. The van der Waals surface area contributed by atoms with Gasteiger partial charge in [0.15, 0.2) is 0 Å². The highest BCUT2D eigenvalue weighted by Crippen LogP contribution is 2.31. The molecule has 1 rings (SSSR count). The summed E-state index contributed by atoms with van der Waals surface area (Å²) >= 11 is 0. The van der Waals surface area contributed by atoms with Crippen LogP contribution in [0.4, 0.5) is 23.2 Å². The second kappa shape index (κ2) is 5.13. The number of halogens is 4. The number of benzene rings is 1. The van der Waals surface area contributed by atoms with E-state index >= 15 is 0 Å². The Morgan fingerprint density at radius 1 is 1.41 bits per heavy atom. The van der Waals surface area contributed by atoms with Crippen LogP contribution in [0.5, 0.6) is 0 Å². The van der Waals surface area contributed by atoms with Crippen LogP contribution in [0.25, 0.3) is 0 Å². The zero-order valence-corrected chi connectivity index (χ0v) is 8.77. The van der Waals surface area contributed by atoms with Gasteiger partial charge in [0.05, 0.1) is 11.3 Å². The molecule has 1 aromatic carbocycles. The average Bonchev–Trinajstić information content (AvgIpc) is 2.20. The minimum absolute atomic E-state index is 0.365. The van der Waals surface area contributed by atoms with Gasteiger partial charge in [-0.3, -0.25) is 4.79 Å². The molecule has 1 aromatic rings. The maximum atomic E-state index is 13.1. The van der Waals surface area contributed by atoms with Crippen LogP contribution in [0.2, 0.25) is 0 Å². The predicted molar refractivity (Wildman–Crippen MR) is 51.9 cm³/mol. The highest BCUT2D eigenvalue weighted by molar-refractivity contribution is 5.91. The first kappa shape index (κ1) is 13.4. The van der Waals surface area contributed by atoms with E-state index in [0.717, 1.165) is 0 Å². The summed E-state index contributed by atoms with van der Waals surface area (Å²) in [5.74, 6) is -1.67. The average molecular weight is 251 g/mol. The molecule has 17 heavy (non-hydrogen) atoms. The van der Waals surface area contributed by atoms with Crippen molar-refractivity contribution >= 4 is 11.6 Å². The maximum Gasteiger partial charge on any atom is 0.416 e. The topological polar surface area (TPSA) is 38.3 Å². The second-order valence-corrected chi connectivity index (χ2v) is 3.17. The number of carbonyl (C=O) groups is 1. The van der Waals surface area contributed by atoms with E-state index in [1.807, 2.05) is 5.32 Å². The van der Waals surface area contributed by atoms with Crippen molar-refractivity contribution in [3.8, 4) is 0 Å². The molecule has 1 N–H and O–H groups in total. The van der Waals surface area contributed by atoms with E-state index in [9.17, 15) is 22.4 Å². The summed E-state index contributed by atoms with van der Waals surface area (Å²) in [6.07, 6.45) is -4.59. The SMILES string of the molecule is COCC(=O)Nc1cc(C(F)(F)F)ccc1F. The predicted octanol–water partition coefficient (Wildman–Crippen LogP) is 2.43. The molecule has 0 fully saturated rings. The number of methoxy groups -OCH3 is 1. The number of rotatable bonds is 3. The number of carbonyl (C=O) groups excluding carboxylic acids is 1. The number of ether oxygens (including phenoxy) is 1. The molecule has 0 aromatic heterocycles. The van der Waals surface area contributed by atoms with Gasteiger partial charge in [-0.05, 0) is 18.2 Å². The smallest absolute Gasteiger partial charge is 0.375 e. The van der Waals surface area contributed by atoms with Crippen LogP contribution in [-0.4, -0.2) is 19.6 Å². The summed E-state index contributed by atoms with van der Waals surface area (Å²) in [6.45, 7) is -0.365. The van der Waals surface area contributed by atoms with Gasteiger partial charge in [-0.2, -0.15) is 13.2 Å². The zero-order valence-electron chi connectivity index (χ0n) is 8.77. The van der Waals surface area contributed by atoms with Gasteiger partial charge in [-0.25, -0.2) is 4.39 Å². The number of hydrogen-bond acceptors (Lipinski definition) is 2. The molecule has 0 radical (unpaired) electrons. The minimum atomic E-state index is -4.59. The molecule has 0 aliphatic carbocycles. The summed E-state index contributed by atoms with van der Waals surface area (Å²) in [7, 11) is 1.24. The Bertz CT molecular complexity index is 417. The Balaban J connectivity index is 2.95. The molecule has 0 spiro atoms. The van der Waals surface area contributed by atoms with Gasteiger partial charge in [0.25, 0.3) is 0 Å². The lowest BCUT2D eigenvalue weighted by Gasteiger charge is -2.10. The summed E-state index contributed by atoms with van der Waals surface area (Å²) in [6, 6.07) is 1.77. The first-order valence-corrected chi connectivity index (χ1v) is 4.50. The number of amides is 1. The van der Waals surface area contributed by atoms with Crippen LogP contribution in [0.3, 0.4) is 0 Å². The van der Waals surface area contributed by atoms with Crippen molar-refractivity contribution in [3.63, 3.8) is 0 Å². The third-order valence-corrected chi connectivity index (χ3v) is 1.84. The number of alkyl halides is 3. The Hall–Kier alpha value is -1.63. The fourth-order valence-corrected chi connectivity index (χ4v) is 1.11. The van der Waals surface area contributed by atoms with E-state index < -0.39 is 29.2 Å². The molecule has 0 heterocycles. The van der Waals surface area contributed by atoms with Crippen LogP contribution >= 0.6 is 0 Å². The van der Waals surface area contributed by atoms with Crippen molar-refractivity contribution < 1.29 is 27.1 Å². The zero-order chi connectivity index (χ0) is 13.1. The van der Waals surface area contributed by atoms with Crippen LogP contribution < -0.4 is 5.32 Å². The summed E-state index contributed by atoms with van der Waals surface area (Å²) in [4.78, 5) is 11.0. The standard InChI is InChI=1S/C10H9F4NO2/c1-17-5-9(16)15-8-4-6(10(12,13)14)2-3-7(8)11/h2-4H,5H2,1H3,(H,15,16). The Morgan fingerprint density at radius 3 is 2.59 bits per heavy atom. The van der Waals surface area contributed by atoms with Crippen LogP contribution in [-0.2, 0) is 15.7 Å². The van der Waals surface area contributed by atoms with E-state index in [-0.39, 0.29) is 6.61 Å². The third kappa shape index (κ3) is 3.70. The number of hydrogen-bond donors (Lipinski definition) is 1. The van der Waals surface area contributed by atoms with Gasteiger partial charge in [0.1, 0.15) is 12.4 Å². The Kier molecular flexibility index (Phi) is 4.06. The van der Waals surface area contributed by atoms with Crippen molar-refractivity contribution in [1.82, 2.24) is 0 Å². The molecule has 1 amide bonds. The van der Waals surface area contributed by atoms with Crippen molar-refractivity contribution in [1.29, 1.82) is 0 Å². The molecule has 0 aliphatic heterocycles. The van der Waals surface area contributed by atoms with Crippen LogP contribution in [0.1, 0.15) is 5.56 Å². The van der Waals surface area contributed by atoms with Gasteiger partial charge in [-0.15, -0.1) is 0 Å². The second-order valence-electron chi connectivity index (χ2n) is 3.17. The Morgan fingerprint density at radius 2 is 2.06 bits per heavy atom. The molecular formula is C10H9F4NO2. The van der Waals surface area contributed by atoms with Crippen LogP contribution in [0, 0.1) is 5.82 Å². The van der Waals surface area contributed by atoms with Gasteiger partial charge >= 0.3 is 6.18 Å². The first-order chi connectivity index (χ1) is 7.84. The molecule has 0 bridgehead atoms. The highest BCUT2D eigenvalue weighted by Gasteiger charge is 2.31. The van der Waals surface area contributed by atoms with Crippen molar-refractivity contribution in [2.75, 3.05) is 19.0 Å². The molecule has 0 saturated carbocycles. The molecule has 94 valence electrons. The molecule has 0 unspecified atom stereocenters. The normalized spacial score (nSPS) is 11.4. The summed E-state index contributed by atoms with van der Waals surface area (Å²) in [5, 5.41) is 1.98. The Labute approximate surface area is 94.4 Å². The van der Waals surface area contributed by atoms with E-state index in [2.05, 4.69) is 4.74 Å². The molecule has 0 aliphatic rings. The van der Waals surface area contributed by atoms with Gasteiger partial charge < -0.3 is 10.1 Å². The molecular weight excluding hydrogens is 242 g/mol.